The predicted octanol–water partition coefficient (Wildman–Crippen LogP) is -4.87. The van der Waals surface area contributed by atoms with Crippen LogP contribution in [0, 0.1) is 0 Å². The number of phenols is 2. The van der Waals surface area contributed by atoms with Crippen molar-refractivity contribution in [1.82, 2.24) is 0 Å². The Morgan fingerprint density at radius 2 is 1.44 bits per heavy atom. The first-order valence-corrected chi connectivity index (χ1v) is 13.9. The van der Waals surface area contributed by atoms with Crippen LogP contribution in [-0.4, -0.2) is 167 Å². The van der Waals surface area contributed by atoms with E-state index in [4.69, 9.17) is 28.4 Å². The van der Waals surface area contributed by atoms with Gasteiger partial charge in [0.15, 0.2) is 36.5 Å². The molecule has 0 aliphatic carbocycles. The highest BCUT2D eigenvalue weighted by atomic mass is 16.7. The van der Waals surface area contributed by atoms with E-state index in [1.165, 1.54) is 25.1 Å². The number of carbonyl (C=O) groups is 1. The summed E-state index contributed by atoms with van der Waals surface area (Å²) in [5, 5.41) is 111. The smallest absolute Gasteiger partial charge is 0.331 e. The van der Waals surface area contributed by atoms with Crippen molar-refractivity contribution in [3.63, 3.8) is 0 Å². The van der Waals surface area contributed by atoms with Gasteiger partial charge in [0.05, 0.1) is 19.3 Å². The first-order valence-electron chi connectivity index (χ1n) is 13.9. The highest BCUT2D eigenvalue weighted by Crippen LogP contribution is 2.32. The number of phenolic OH excluding ortho intramolecular Hbond substituents is 2. The van der Waals surface area contributed by atoms with Crippen molar-refractivity contribution < 1.29 is 89.4 Å². The number of carbonyl (C=O) groups excluding carboxylic acids is 1. The lowest BCUT2D eigenvalue weighted by atomic mass is 9.96. The second kappa shape index (κ2) is 14.9. The lowest BCUT2D eigenvalue weighted by molar-refractivity contribution is -0.359. The van der Waals surface area contributed by atoms with Gasteiger partial charge in [0.25, 0.3) is 0 Å². The fraction of sp³-hybridized carbons (Fsp3) is 0.667. The molecule has 3 saturated heterocycles. The number of rotatable bonds is 9. The first-order chi connectivity index (χ1) is 21.2. The lowest BCUT2D eigenvalue weighted by Crippen LogP contribution is -2.65. The number of esters is 1. The van der Waals surface area contributed by atoms with Gasteiger partial charge in [-0.25, -0.2) is 4.79 Å². The molecule has 11 N–H and O–H groups in total. The molecule has 1 aromatic rings. The molecular formula is C27H38O18. The van der Waals surface area contributed by atoms with E-state index in [1.807, 2.05) is 0 Å². The molecule has 0 unspecified atom stereocenters. The van der Waals surface area contributed by atoms with Gasteiger partial charge in [0.1, 0.15) is 61.0 Å². The van der Waals surface area contributed by atoms with Crippen LogP contribution in [-0.2, 0) is 33.2 Å². The standard InChI is InChI=1S/C27H38O18/c1-9-16(32)18(34)21(37)27(41-9)45-24-22(38)25(39)42-14(8-40-26-20(36)19(35)17(33)13(7-28)43-26)23(24)44-15(31)5-3-10-2-4-11(29)12(30)6-10/h2-6,9,13-14,16-30,32-39H,7-8H2,1H3/b5-3+/t9-,13+,14+,16-,17+,18+,19-,20+,21+,22+,23+,24+,25+,26+,27-/m0/s1. The monoisotopic (exact) mass is 650 g/mol. The zero-order chi connectivity index (χ0) is 33.2. The van der Waals surface area contributed by atoms with Gasteiger partial charge in [-0.3, -0.25) is 0 Å². The molecule has 18 nitrogen and oxygen atoms in total. The van der Waals surface area contributed by atoms with E-state index in [0.717, 1.165) is 12.1 Å². The molecule has 0 bridgehead atoms. The van der Waals surface area contributed by atoms with Crippen LogP contribution in [0.25, 0.3) is 6.08 Å². The molecule has 0 aromatic heterocycles. The van der Waals surface area contributed by atoms with Crippen molar-refractivity contribution in [3.05, 3.63) is 29.8 Å². The first kappa shape index (κ1) is 35.3. The van der Waals surface area contributed by atoms with E-state index in [0.29, 0.717) is 0 Å². The van der Waals surface area contributed by atoms with Gasteiger partial charge >= 0.3 is 5.97 Å². The van der Waals surface area contributed by atoms with E-state index < -0.39 is 123 Å². The number of aromatic hydroxyl groups is 2. The summed E-state index contributed by atoms with van der Waals surface area (Å²) in [5.74, 6) is -1.95. The summed E-state index contributed by atoms with van der Waals surface area (Å²) in [7, 11) is 0. The third-order valence-corrected chi connectivity index (χ3v) is 7.67. The fourth-order valence-corrected chi connectivity index (χ4v) is 5.00. The maximum absolute atomic E-state index is 12.9. The molecule has 3 aliphatic heterocycles. The Labute approximate surface area is 255 Å². The van der Waals surface area contributed by atoms with E-state index in [9.17, 15) is 61.0 Å². The van der Waals surface area contributed by atoms with E-state index in [2.05, 4.69) is 0 Å². The molecule has 18 heteroatoms. The second-order valence-corrected chi connectivity index (χ2v) is 10.9. The van der Waals surface area contributed by atoms with Crippen LogP contribution < -0.4 is 0 Å². The van der Waals surface area contributed by atoms with Crippen LogP contribution in [0.4, 0.5) is 0 Å². The molecular weight excluding hydrogens is 612 g/mol. The minimum absolute atomic E-state index is 0.271. The molecule has 1 aromatic carbocycles. The molecule has 3 fully saturated rings. The van der Waals surface area contributed by atoms with Crippen LogP contribution in [0.2, 0.25) is 0 Å². The van der Waals surface area contributed by atoms with Crippen LogP contribution >= 0.6 is 0 Å². The molecule has 45 heavy (non-hydrogen) atoms. The highest BCUT2D eigenvalue weighted by Gasteiger charge is 2.52. The van der Waals surface area contributed by atoms with Gasteiger partial charge in [0, 0.05) is 6.08 Å². The van der Waals surface area contributed by atoms with Gasteiger partial charge in [-0.15, -0.1) is 0 Å². The SMILES string of the molecule is C[C@@H]1O[C@@H](O[C@@H]2[C@@H](O)[C@H](O)O[C@H](CO[C@@H]3O[C@H](CO)[C@@H](O)[C@H](O)[C@H]3O)[C@H]2OC(=O)/C=C/c2ccc(O)c(O)c2)[C@H](O)[C@H](O)[C@H]1O. The predicted molar refractivity (Wildman–Crippen MR) is 143 cm³/mol. The minimum atomic E-state index is -2.02. The van der Waals surface area contributed by atoms with Gasteiger partial charge in [-0.05, 0) is 30.7 Å². The molecule has 0 saturated carbocycles. The van der Waals surface area contributed by atoms with Gasteiger partial charge in [0.2, 0.25) is 0 Å². The number of benzene rings is 1. The Hall–Kier alpha value is -2.53. The fourth-order valence-electron chi connectivity index (χ4n) is 5.00. The number of hydrogen-bond donors (Lipinski definition) is 11. The Bertz CT molecular complexity index is 1160. The Balaban J connectivity index is 1.57. The largest absolute Gasteiger partial charge is 0.504 e. The molecule has 254 valence electrons. The summed E-state index contributed by atoms with van der Waals surface area (Å²) in [6.45, 7) is -0.0722. The van der Waals surface area contributed by atoms with Crippen molar-refractivity contribution >= 4 is 12.0 Å². The van der Waals surface area contributed by atoms with Crippen LogP contribution in [0.3, 0.4) is 0 Å². The van der Waals surface area contributed by atoms with Crippen LogP contribution in [0.1, 0.15) is 12.5 Å². The van der Waals surface area contributed by atoms with Crippen molar-refractivity contribution in [2.24, 2.45) is 0 Å². The number of hydrogen-bond acceptors (Lipinski definition) is 18. The van der Waals surface area contributed by atoms with Crippen molar-refractivity contribution in [1.29, 1.82) is 0 Å². The molecule has 4 rings (SSSR count). The maximum atomic E-state index is 12.9. The number of ether oxygens (including phenoxy) is 6. The summed E-state index contributed by atoms with van der Waals surface area (Å²) in [5.41, 5.74) is 0.271. The minimum Gasteiger partial charge on any atom is -0.504 e. The maximum Gasteiger partial charge on any atom is 0.331 e. The summed E-state index contributed by atoms with van der Waals surface area (Å²) < 4.78 is 32.8. The third kappa shape index (κ3) is 7.89. The van der Waals surface area contributed by atoms with E-state index in [-0.39, 0.29) is 5.56 Å². The molecule has 0 amide bonds. The van der Waals surface area contributed by atoms with Crippen molar-refractivity contribution in [3.8, 4) is 11.5 Å². The van der Waals surface area contributed by atoms with Gasteiger partial charge in [-0.1, -0.05) is 6.07 Å². The normalized spacial score (nSPS) is 42.5. The van der Waals surface area contributed by atoms with Gasteiger partial charge in [-0.2, -0.15) is 0 Å². The summed E-state index contributed by atoms with van der Waals surface area (Å²) in [4.78, 5) is 12.9. The summed E-state index contributed by atoms with van der Waals surface area (Å²) >= 11 is 0. The molecule has 15 atom stereocenters. The average Bonchev–Trinajstić information content (AvgIpc) is 3.01. The Morgan fingerprint density at radius 3 is 2.11 bits per heavy atom. The van der Waals surface area contributed by atoms with E-state index >= 15 is 0 Å². The second-order valence-electron chi connectivity index (χ2n) is 10.9. The zero-order valence-electron chi connectivity index (χ0n) is 23.7. The highest BCUT2D eigenvalue weighted by molar-refractivity contribution is 5.87. The summed E-state index contributed by atoms with van der Waals surface area (Å²) in [6, 6.07) is 3.69. The summed E-state index contributed by atoms with van der Waals surface area (Å²) in [6.07, 6.45) is -23.0. The Morgan fingerprint density at radius 1 is 0.778 bits per heavy atom. The van der Waals surface area contributed by atoms with Crippen LogP contribution in [0.15, 0.2) is 24.3 Å². The number of aliphatic hydroxyl groups is 9. The van der Waals surface area contributed by atoms with Crippen molar-refractivity contribution in [2.75, 3.05) is 13.2 Å². The van der Waals surface area contributed by atoms with E-state index in [1.54, 1.807) is 0 Å². The lowest BCUT2D eigenvalue weighted by Gasteiger charge is -2.46. The van der Waals surface area contributed by atoms with Crippen molar-refractivity contribution in [2.45, 2.75) is 99.0 Å². The van der Waals surface area contributed by atoms with Crippen LogP contribution in [0.5, 0.6) is 11.5 Å². The average molecular weight is 651 g/mol. The zero-order valence-corrected chi connectivity index (χ0v) is 23.7. The third-order valence-electron chi connectivity index (χ3n) is 7.67. The molecule has 0 radical (unpaired) electrons. The number of aliphatic hydroxyl groups excluding tert-OH is 9. The topological polar surface area (TPSA) is 295 Å². The Kier molecular flexibility index (Phi) is 11.7. The quantitative estimate of drug-likeness (QED) is 0.0678. The molecule has 0 spiro atoms. The van der Waals surface area contributed by atoms with Gasteiger partial charge < -0.3 is 84.6 Å². The molecule has 3 heterocycles. The molecule has 3 aliphatic rings.